The molecule has 0 aliphatic heterocycles. The van der Waals surface area contributed by atoms with E-state index in [9.17, 15) is 14.7 Å². The summed E-state index contributed by atoms with van der Waals surface area (Å²) >= 11 is 0. The number of carboxylic acids is 1. The van der Waals surface area contributed by atoms with Crippen LogP contribution in [0.1, 0.15) is 46.0 Å². The lowest BCUT2D eigenvalue weighted by Gasteiger charge is -2.19. The number of carbonyl (C=O) groups is 2. The van der Waals surface area contributed by atoms with E-state index < -0.39 is 23.8 Å². The topological polar surface area (TPSA) is 74.6 Å². The third kappa shape index (κ3) is 5.96. The molecule has 0 fully saturated rings. The molecule has 3 atom stereocenters. The van der Waals surface area contributed by atoms with Crippen molar-refractivity contribution in [3.63, 3.8) is 0 Å². The Morgan fingerprint density at radius 1 is 1.39 bits per heavy atom. The molecule has 18 heavy (non-hydrogen) atoms. The first kappa shape index (κ1) is 16.8. The summed E-state index contributed by atoms with van der Waals surface area (Å²) in [7, 11) is 0. The fraction of sp³-hybridized carbons (Fsp3) is 0.714. The highest BCUT2D eigenvalue weighted by Gasteiger charge is 2.28. The van der Waals surface area contributed by atoms with E-state index in [1.807, 2.05) is 6.08 Å². The quantitative estimate of drug-likeness (QED) is 0.465. The van der Waals surface area contributed by atoms with Gasteiger partial charge < -0.3 is 10.2 Å². The van der Waals surface area contributed by atoms with Gasteiger partial charge >= 0.3 is 5.97 Å². The molecule has 0 saturated carbocycles. The molecule has 0 aliphatic rings. The summed E-state index contributed by atoms with van der Waals surface area (Å²) in [5.74, 6) is -2.17. The maximum atomic E-state index is 11.6. The van der Waals surface area contributed by atoms with Crippen molar-refractivity contribution in [3.8, 4) is 0 Å². The molecular weight excluding hydrogens is 232 g/mol. The minimum absolute atomic E-state index is 0.336. The molecule has 104 valence electrons. The van der Waals surface area contributed by atoms with E-state index >= 15 is 0 Å². The summed E-state index contributed by atoms with van der Waals surface area (Å²) < 4.78 is 0. The van der Waals surface area contributed by atoms with Crippen molar-refractivity contribution in [1.29, 1.82) is 0 Å². The molecule has 0 heterocycles. The van der Waals surface area contributed by atoms with E-state index in [4.69, 9.17) is 5.11 Å². The second-order valence-electron chi connectivity index (χ2n) is 4.81. The summed E-state index contributed by atoms with van der Waals surface area (Å²) in [5, 5.41) is 17.8. The van der Waals surface area contributed by atoms with Gasteiger partial charge in [0.2, 0.25) is 6.10 Å². The van der Waals surface area contributed by atoms with Crippen molar-refractivity contribution in [2.45, 2.75) is 52.1 Å². The number of rotatable bonds is 10. The standard InChI is InChI=1S/C14H24O4/c1-4-6-8-11(7-5-2)9-10(3)12(15)13(16)14(17)18/h5,10-11,13,16H,2,4,6-9H2,1,3H3,(H,17,18)/t10?,11?,13-/m1/s1. The normalized spacial score (nSPS) is 15.7. The lowest BCUT2D eigenvalue weighted by molar-refractivity contribution is -0.153. The van der Waals surface area contributed by atoms with Gasteiger partial charge in [-0.1, -0.05) is 39.2 Å². The molecule has 2 N–H and O–H groups in total. The Morgan fingerprint density at radius 2 is 2.00 bits per heavy atom. The van der Waals surface area contributed by atoms with Gasteiger partial charge in [-0.25, -0.2) is 4.79 Å². The average molecular weight is 256 g/mol. The molecule has 0 rings (SSSR count). The van der Waals surface area contributed by atoms with Crippen LogP contribution >= 0.6 is 0 Å². The molecule has 0 aliphatic carbocycles. The second-order valence-corrected chi connectivity index (χ2v) is 4.81. The van der Waals surface area contributed by atoms with Crippen molar-refractivity contribution in [2.24, 2.45) is 11.8 Å². The fourth-order valence-corrected chi connectivity index (χ4v) is 2.07. The predicted octanol–water partition coefficient (Wildman–Crippen LogP) is 2.41. The molecule has 0 spiro atoms. The van der Waals surface area contributed by atoms with Gasteiger partial charge in [-0.3, -0.25) is 4.79 Å². The van der Waals surface area contributed by atoms with Gasteiger partial charge in [0.15, 0.2) is 5.78 Å². The van der Waals surface area contributed by atoms with Crippen molar-refractivity contribution >= 4 is 11.8 Å². The Morgan fingerprint density at radius 3 is 2.44 bits per heavy atom. The maximum Gasteiger partial charge on any atom is 0.340 e. The third-order valence-electron chi connectivity index (χ3n) is 3.14. The minimum Gasteiger partial charge on any atom is -0.479 e. The Balaban J connectivity index is 4.38. The van der Waals surface area contributed by atoms with E-state index in [1.54, 1.807) is 6.92 Å². The number of aliphatic hydroxyl groups excluding tert-OH is 1. The van der Waals surface area contributed by atoms with Gasteiger partial charge in [0.25, 0.3) is 0 Å². The van der Waals surface area contributed by atoms with Crippen LogP contribution in [0.15, 0.2) is 12.7 Å². The monoisotopic (exact) mass is 256 g/mol. The number of ketones is 1. The molecule has 4 heteroatoms. The first-order valence-corrected chi connectivity index (χ1v) is 6.49. The van der Waals surface area contributed by atoms with Gasteiger partial charge in [0, 0.05) is 5.92 Å². The Labute approximate surface area is 109 Å². The first-order valence-electron chi connectivity index (χ1n) is 6.49. The zero-order chi connectivity index (χ0) is 14.1. The van der Waals surface area contributed by atoms with Gasteiger partial charge in [-0.2, -0.15) is 0 Å². The second kappa shape index (κ2) is 8.86. The number of hydrogen-bond acceptors (Lipinski definition) is 3. The number of unbranched alkanes of at least 4 members (excludes halogenated alkanes) is 1. The summed E-state index contributed by atoms with van der Waals surface area (Å²) in [6, 6.07) is 0. The molecule has 4 nitrogen and oxygen atoms in total. The largest absolute Gasteiger partial charge is 0.479 e. The van der Waals surface area contributed by atoms with Crippen LogP contribution in [0.5, 0.6) is 0 Å². The van der Waals surface area contributed by atoms with Crippen LogP contribution in [0.3, 0.4) is 0 Å². The van der Waals surface area contributed by atoms with E-state index in [1.165, 1.54) is 0 Å². The number of carboxylic acid groups (broad SMARTS) is 1. The Hall–Kier alpha value is -1.16. The number of aliphatic carboxylic acids is 1. The smallest absolute Gasteiger partial charge is 0.340 e. The summed E-state index contributed by atoms with van der Waals surface area (Å²) in [4.78, 5) is 22.2. The Bertz CT molecular complexity index is 286. The third-order valence-corrected chi connectivity index (χ3v) is 3.14. The van der Waals surface area contributed by atoms with Gasteiger partial charge in [0.05, 0.1) is 0 Å². The van der Waals surface area contributed by atoms with Crippen LogP contribution in [0, 0.1) is 11.8 Å². The lowest BCUT2D eigenvalue weighted by atomic mass is 9.86. The number of hydrogen-bond donors (Lipinski definition) is 2. The van der Waals surface area contributed by atoms with Crippen LogP contribution in [0.4, 0.5) is 0 Å². The molecule has 0 bridgehead atoms. The molecule has 0 radical (unpaired) electrons. The van der Waals surface area contributed by atoms with E-state index in [2.05, 4.69) is 13.5 Å². The van der Waals surface area contributed by atoms with Crippen LogP contribution in [-0.2, 0) is 9.59 Å². The number of carbonyl (C=O) groups excluding carboxylic acids is 1. The van der Waals surface area contributed by atoms with Crippen molar-refractivity contribution in [2.75, 3.05) is 0 Å². The summed E-state index contributed by atoms with van der Waals surface area (Å²) in [6.07, 6.45) is 4.54. The number of allylic oxidation sites excluding steroid dienone is 1. The molecular formula is C14H24O4. The van der Waals surface area contributed by atoms with Crippen LogP contribution in [0.2, 0.25) is 0 Å². The minimum atomic E-state index is -1.89. The van der Waals surface area contributed by atoms with Crippen molar-refractivity contribution < 1.29 is 19.8 Å². The lowest BCUT2D eigenvalue weighted by Crippen LogP contribution is -2.34. The van der Waals surface area contributed by atoms with Gasteiger partial charge in [-0.05, 0) is 18.8 Å². The van der Waals surface area contributed by atoms with Gasteiger partial charge in [-0.15, -0.1) is 6.58 Å². The number of aliphatic hydroxyl groups is 1. The van der Waals surface area contributed by atoms with E-state index in [0.29, 0.717) is 12.3 Å². The Kier molecular flexibility index (Phi) is 8.29. The predicted molar refractivity (Wildman–Crippen MR) is 70.3 cm³/mol. The molecule has 0 amide bonds. The van der Waals surface area contributed by atoms with Crippen molar-refractivity contribution in [3.05, 3.63) is 12.7 Å². The maximum absolute atomic E-state index is 11.6. The molecule has 0 aromatic carbocycles. The summed E-state index contributed by atoms with van der Waals surface area (Å²) in [5.41, 5.74) is 0. The molecule has 0 aromatic rings. The van der Waals surface area contributed by atoms with Gasteiger partial charge in [0.1, 0.15) is 0 Å². The van der Waals surface area contributed by atoms with E-state index in [0.717, 1.165) is 25.7 Å². The summed E-state index contributed by atoms with van der Waals surface area (Å²) in [6.45, 7) is 7.48. The zero-order valence-electron chi connectivity index (χ0n) is 11.3. The van der Waals surface area contributed by atoms with Crippen LogP contribution < -0.4 is 0 Å². The highest BCUT2D eigenvalue weighted by Crippen LogP contribution is 2.23. The highest BCUT2D eigenvalue weighted by atomic mass is 16.4. The van der Waals surface area contributed by atoms with E-state index in [-0.39, 0.29) is 0 Å². The van der Waals surface area contributed by atoms with Crippen LogP contribution in [-0.4, -0.2) is 28.1 Å². The fourth-order valence-electron chi connectivity index (χ4n) is 2.07. The SMILES string of the molecule is C=CCC(CCCC)CC(C)C(=O)[C@@H](O)C(=O)O. The highest BCUT2D eigenvalue weighted by molar-refractivity contribution is 6.01. The average Bonchev–Trinajstić information content (AvgIpc) is 2.34. The zero-order valence-corrected chi connectivity index (χ0v) is 11.3. The first-order chi connectivity index (χ1) is 8.43. The van der Waals surface area contributed by atoms with Crippen LogP contribution in [0.25, 0.3) is 0 Å². The molecule has 0 aromatic heterocycles. The van der Waals surface area contributed by atoms with Crippen molar-refractivity contribution in [1.82, 2.24) is 0 Å². The molecule has 2 unspecified atom stereocenters. The number of Topliss-reactive ketones (excluding diaryl/α,β-unsaturated/α-hetero) is 1. The molecule has 0 saturated heterocycles.